The van der Waals surface area contributed by atoms with Crippen molar-refractivity contribution in [2.45, 2.75) is 70.9 Å². The lowest BCUT2D eigenvalue weighted by Crippen LogP contribution is -2.45. The van der Waals surface area contributed by atoms with Crippen molar-refractivity contribution in [3.05, 3.63) is 20.2 Å². The first kappa shape index (κ1) is 28.0. The molecule has 0 spiro atoms. The van der Waals surface area contributed by atoms with Crippen molar-refractivity contribution in [1.82, 2.24) is 14.7 Å². The fourth-order valence-electron chi connectivity index (χ4n) is 4.87. The van der Waals surface area contributed by atoms with Gasteiger partial charge in [-0.3, -0.25) is 4.79 Å². The minimum absolute atomic E-state index is 0.167. The van der Waals surface area contributed by atoms with Gasteiger partial charge in [0.15, 0.2) is 0 Å². The lowest BCUT2D eigenvalue weighted by molar-refractivity contribution is -0.769. The molecule has 3 saturated heterocycles. The molecule has 0 aromatic carbocycles. The zero-order valence-electron chi connectivity index (χ0n) is 20.8. The van der Waals surface area contributed by atoms with Gasteiger partial charge in [0.2, 0.25) is 5.91 Å². The van der Waals surface area contributed by atoms with Crippen LogP contribution in [0.15, 0.2) is 0 Å². The van der Waals surface area contributed by atoms with Crippen molar-refractivity contribution in [1.29, 1.82) is 0 Å². The number of rotatable bonds is 8. The van der Waals surface area contributed by atoms with Crippen LogP contribution >= 0.6 is 0 Å². The van der Waals surface area contributed by atoms with Gasteiger partial charge in [-0.05, 0) is 84.8 Å². The highest BCUT2D eigenvalue weighted by Gasteiger charge is 2.30. The Hall–Kier alpha value is -2.21. The number of nitrogens with zero attached hydrogens (tertiary/aromatic N) is 5. The van der Waals surface area contributed by atoms with E-state index in [1.54, 1.807) is 0 Å². The van der Waals surface area contributed by atoms with Crippen LogP contribution in [-0.4, -0.2) is 95.8 Å². The number of carbonyl (C=O) groups excluding carboxylic acids is 1. The third-order valence-electron chi connectivity index (χ3n) is 7.16. The normalized spacial score (nSPS) is 21.6. The third kappa shape index (κ3) is 9.96. The molecule has 12 heteroatoms. The number of likely N-dealkylation sites (tertiary alicyclic amines) is 3. The molecule has 0 atom stereocenters. The summed E-state index contributed by atoms with van der Waals surface area (Å²) in [5, 5.41) is 18.7. The Labute approximate surface area is 201 Å². The van der Waals surface area contributed by atoms with Gasteiger partial charge >= 0.3 is 0 Å². The second kappa shape index (κ2) is 14.2. The first-order chi connectivity index (χ1) is 16.2. The summed E-state index contributed by atoms with van der Waals surface area (Å²) in [5.74, 6) is 0.935. The molecule has 0 unspecified atom stereocenters. The summed E-state index contributed by atoms with van der Waals surface area (Å²) >= 11 is 0. The molecule has 3 heterocycles. The maximum absolute atomic E-state index is 12.5. The first-order valence-corrected chi connectivity index (χ1v) is 12.5. The molecule has 12 nitrogen and oxygen atoms in total. The largest absolute Gasteiger partial charge is 0.342 e. The van der Waals surface area contributed by atoms with E-state index in [1.807, 2.05) is 4.90 Å². The molecule has 0 radical (unpaired) electrons. The Morgan fingerprint density at radius 3 is 2.00 bits per heavy atom. The Morgan fingerprint density at radius 2 is 1.50 bits per heavy atom. The van der Waals surface area contributed by atoms with Crippen LogP contribution < -0.4 is 0 Å². The molecular weight excluding hydrogens is 446 g/mol. The van der Waals surface area contributed by atoms with Gasteiger partial charge in [0.25, 0.3) is 10.2 Å². The zero-order chi connectivity index (χ0) is 25.1. The molecule has 3 aliphatic rings. The predicted octanol–water partition coefficient (Wildman–Crippen LogP) is 2.23. The van der Waals surface area contributed by atoms with Crippen LogP contribution in [0.5, 0.6) is 0 Å². The van der Waals surface area contributed by atoms with Gasteiger partial charge in [0.05, 0.1) is 6.61 Å². The molecule has 3 aliphatic heterocycles. The van der Waals surface area contributed by atoms with E-state index in [4.69, 9.17) is 0 Å². The van der Waals surface area contributed by atoms with Crippen LogP contribution in [0, 0.1) is 32.1 Å². The average Bonchev–Trinajstić information content (AvgIpc) is 2.80. The number of amides is 1. The van der Waals surface area contributed by atoms with Crippen LogP contribution in [0.2, 0.25) is 0 Å². The highest BCUT2D eigenvalue weighted by molar-refractivity contribution is 5.79. The second-order valence-corrected chi connectivity index (χ2v) is 9.85. The number of carbonyl (C=O) groups is 1. The Bertz CT molecular complexity index is 642. The van der Waals surface area contributed by atoms with E-state index in [0.717, 1.165) is 77.8 Å². The van der Waals surface area contributed by atoms with E-state index >= 15 is 0 Å². The molecule has 0 N–H and O–H groups in total. The van der Waals surface area contributed by atoms with Crippen LogP contribution in [0.25, 0.3) is 0 Å². The maximum Gasteiger partial charge on any atom is 0.294 e. The lowest BCUT2D eigenvalue weighted by Gasteiger charge is -2.36. The van der Waals surface area contributed by atoms with E-state index in [2.05, 4.69) is 40.4 Å². The molecule has 0 aromatic heterocycles. The quantitative estimate of drug-likeness (QED) is 0.373. The van der Waals surface area contributed by atoms with Gasteiger partial charge in [0, 0.05) is 38.1 Å². The van der Waals surface area contributed by atoms with Crippen molar-refractivity contribution in [3.63, 3.8) is 0 Å². The highest BCUT2D eigenvalue weighted by atomic mass is 17.0. The van der Waals surface area contributed by atoms with E-state index < -0.39 is 10.2 Å². The molecule has 196 valence electrons. The summed E-state index contributed by atoms with van der Waals surface area (Å²) < 4.78 is 0. The molecule has 3 fully saturated rings. The standard InChI is InChI=1S/C14H25N3O4.C8H16N2O3/c1-15-7-4-13(5-8-15)14(18)16-9-2-12(3-10-16)6-11-21-17(19)20;1-7(2)9-5-3-8(4-6-9)13-10(11)12/h12-13H,2-11H2,1H3;7-8H,3-6H2,1-2H3. The van der Waals surface area contributed by atoms with Crippen LogP contribution in [0.4, 0.5) is 0 Å². The fourth-order valence-corrected chi connectivity index (χ4v) is 4.87. The fraction of sp³-hybridized carbons (Fsp3) is 0.955. The third-order valence-corrected chi connectivity index (χ3v) is 7.16. The lowest BCUT2D eigenvalue weighted by atomic mass is 9.91. The van der Waals surface area contributed by atoms with Crippen molar-refractivity contribution in [3.8, 4) is 0 Å². The summed E-state index contributed by atoms with van der Waals surface area (Å²) in [6.07, 6.45) is 5.83. The Kier molecular flexibility index (Phi) is 11.7. The summed E-state index contributed by atoms with van der Waals surface area (Å²) in [5.41, 5.74) is 0. The summed E-state index contributed by atoms with van der Waals surface area (Å²) in [4.78, 5) is 48.1. The monoisotopic (exact) mass is 487 g/mol. The minimum Gasteiger partial charge on any atom is -0.342 e. The van der Waals surface area contributed by atoms with E-state index in [0.29, 0.717) is 24.3 Å². The topological polar surface area (TPSA) is 132 Å². The average molecular weight is 488 g/mol. The smallest absolute Gasteiger partial charge is 0.294 e. The molecular formula is C22H41N5O7. The van der Waals surface area contributed by atoms with Crippen molar-refractivity contribution < 1.29 is 24.6 Å². The Morgan fingerprint density at radius 1 is 0.912 bits per heavy atom. The summed E-state index contributed by atoms with van der Waals surface area (Å²) in [6, 6.07) is 0.525. The molecule has 3 rings (SSSR count). The zero-order valence-corrected chi connectivity index (χ0v) is 20.8. The SMILES string of the molecule is CC(C)N1CCC(O[N+](=O)[O-])CC1.CN1CCC(C(=O)N2CCC(CCO[N+](=O)[O-])CC2)CC1. The molecule has 0 bridgehead atoms. The summed E-state index contributed by atoms with van der Waals surface area (Å²) in [6.45, 7) is 9.81. The van der Waals surface area contributed by atoms with Crippen molar-refractivity contribution in [2.24, 2.45) is 11.8 Å². The number of hydrogen-bond donors (Lipinski definition) is 0. The minimum atomic E-state index is -0.737. The maximum atomic E-state index is 12.5. The summed E-state index contributed by atoms with van der Waals surface area (Å²) in [7, 11) is 2.10. The molecule has 1 amide bonds. The predicted molar refractivity (Wildman–Crippen MR) is 125 cm³/mol. The molecule has 0 aliphatic carbocycles. The van der Waals surface area contributed by atoms with Gasteiger partial charge in [0.1, 0.15) is 6.10 Å². The van der Waals surface area contributed by atoms with E-state index in [9.17, 15) is 25.0 Å². The number of piperidine rings is 3. The van der Waals surface area contributed by atoms with Crippen LogP contribution in [-0.2, 0) is 14.5 Å². The molecule has 34 heavy (non-hydrogen) atoms. The molecule has 0 aromatic rings. The first-order valence-electron chi connectivity index (χ1n) is 12.5. The Balaban J connectivity index is 0.000000270. The van der Waals surface area contributed by atoms with Gasteiger partial charge in [-0.1, -0.05) is 0 Å². The van der Waals surface area contributed by atoms with Crippen molar-refractivity contribution in [2.75, 3.05) is 52.9 Å². The van der Waals surface area contributed by atoms with Crippen LogP contribution in [0.3, 0.4) is 0 Å². The van der Waals surface area contributed by atoms with Gasteiger partial charge in [-0.2, -0.15) is 0 Å². The van der Waals surface area contributed by atoms with E-state index in [1.165, 1.54) is 0 Å². The van der Waals surface area contributed by atoms with Gasteiger partial charge in [-0.25, -0.2) is 0 Å². The van der Waals surface area contributed by atoms with Gasteiger partial charge < -0.3 is 24.4 Å². The van der Waals surface area contributed by atoms with Gasteiger partial charge in [-0.15, -0.1) is 20.2 Å². The second-order valence-electron chi connectivity index (χ2n) is 9.85. The van der Waals surface area contributed by atoms with Crippen LogP contribution in [0.1, 0.15) is 58.8 Å². The van der Waals surface area contributed by atoms with E-state index in [-0.39, 0.29) is 18.6 Å². The van der Waals surface area contributed by atoms with Crippen molar-refractivity contribution >= 4 is 5.91 Å². The number of hydrogen-bond acceptors (Lipinski definition) is 9. The highest BCUT2D eigenvalue weighted by Crippen LogP contribution is 2.25. The molecule has 0 saturated carbocycles.